The van der Waals surface area contributed by atoms with E-state index in [4.69, 9.17) is 0 Å². The average molecular weight is 309 g/mol. The minimum absolute atomic E-state index is 0.0100. The van der Waals surface area contributed by atoms with Gasteiger partial charge in [0.05, 0.1) is 9.82 Å². The lowest BCUT2D eigenvalue weighted by Crippen LogP contribution is -2.57. The van der Waals surface area contributed by atoms with Crippen molar-refractivity contribution in [3.8, 4) is 0 Å². The van der Waals surface area contributed by atoms with Crippen molar-refractivity contribution in [2.75, 3.05) is 19.3 Å². The second-order valence-corrected chi connectivity index (χ2v) is 5.97. The molecule has 0 spiro atoms. The third-order valence-electron chi connectivity index (χ3n) is 3.92. The Morgan fingerprint density at radius 3 is 2.81 bits per heavy atom. The van der Waals surface area contributed by atoms with Gasteiger partial charge in [-0.3, -0.25) is 14.9 Å². The van der Waals surface area contributed by atoms with Gasteiger partial charge in [0.15, 0.2) is 0 Å². The molecular formula is C14H19N3O3S. The number of rotatable bonds is 3. The van der Waals surface area contributed by atoms with Crippen molar-refractivity contribution in [3.05, 3.63) is 33.9 Å². The number of nitrogens with one attached hydrogen (secondary N) is 1. The molecule has 0 bridgehead atoms. The summed E-state index contributed by atoms with van der Waals surface area (Å²) in [7, 11) is 0. The maximum atomic E-state index is 12.6. The van der Waals surface area contributed by atoms with Crippen LogP contribution in [0.25, 0.3) is 0 Å². The monoisotopic (exact) mass is 309 g/mol. The molecule has 6 nitrogen and oxygen atoms in total. The van der Waals surface area contributed by atoms with Gasteiger partial charge in [-0.05, 0) is 32.2 Å². The number of nitro benzene ring substituents is 1. The predicted octanol–water partition coefficient (Wildman–Crippen LogP) is 2.14. The maximum absolute atomic E-state index is 12.6. The molecule has 1 aromatic rings. The molecule has 0 radical (unpaired) electrons. The fourth-order valence-electron chi connectivity index (χ4n) is 2.47. The standard InChI is InChI=1S/C14H19N3O3S/c1-9-10(2)16(7-6-15-9)14(18)11-4-5-13(21-3)12(8-11)17(19)20/h4-5,8-10,15H,6-7H2,1-3H3. The highest BCUT2D eigenvalue weighted by molar-refractivity contribution is 7.98. The smallest absolute Gasteiger partial charge is 0.283 e. The molecule has 0 aromatic heterocycles. The lowest BCUT2D eigenvalue weighted by Gasteiger charge is -2.38. The van der Waals surface area contributed by atoms with E-state index < -0.39 is 4.92 Å². The summed E-state index contributed by atoms with van der Waals surface area (Å²) in [4.78, 5) is 25.6. The van der Waals surface area contributed by atoms with E-state index in [9.17, 15) is 14.9 Å². The summed E-state index contributed by atoms with van der Waals surface area (Å²) in [6.45, 7) is 5.37. The minimum atomic E-state index is -0.438. The molecule has 1 aliphatic rings. The number of carbonyl (C=O) groups excluding carboxylic acids is 1. The molecule has 0 saturated carbocycles. The summed E-state index contributed by atoms with van der Waals surface area (Å²) in [6.07, 6.45) is 1.78. The third kappa shape index (κ3) is 3.19. The molecule has 1 amide bonds. The normalized spacial score (nSPS) is 22.1. The van der Waals surface area contributed by atoms with Crippen LogP contribution in [0.5, 0.6) is 0 Å². The third-order valence-corrected chi connectivity index (χ3v) is 4.70. The number of benzene rings is 1. The summed E-state index contributed by atoms with van der Waals surface area (Å²) < 4.78 is 0. The van der Waals surface area contributed by atoms with Crippen molar-refractivity contribution in [1.82, 2.24) is 10.2 Å². The highest BCUT2D eigenvalue weighted by atomic mass is 32.2. The van der Waals surface area contributed by atoms with Crippen LogP contribution < -0.4 is 5.32 Å². The van der Waals surface area contributed by atoms with E-state index in [0.29, 0.717) is 17.0 Å². The van der Waals surface area contributed by atoms with Crippen molar-refractivity contribution in [3.63, 3.8) is 0 Å². The quantitative estimate of drug-likeness (QED) is 0.526. The number of hydrogen-bond acceptors (Lipinski definition) is 5. The molecule has 2 rings (SSSR count). The van der Waals surface area contributed by atoms with Crippen LogP contribution in [0.3, 0.4) is 0 Å². The van der Waals surface area contributed by atoms with E-state index in [1.165, 1.54) is 17.8 Å². The Balaban J connectivity index is 2.31. The first-order valence-corrected chi connectivity index (χ1v) is 8.05. The Morgan fingerprint density at radius 1 is 1.48 bits per heavy atom. The molecule has 7 heteroatoms. The zero-order valence-corrected chi connectivity index (χ0v) is 13.1. The van der Waals surface area contributed by atoms with Gasteiger partial charge in [0, 0.05) is 36.8 Å². The largest absolute Gasteiger partial charge is 0.333 e. The summed E-state index contributed by atoms with van der Waals surface area (Å²) in [5.41, 5.74) is 0.365. The van der Waals surface area contributed by atoms with Gasteiger partial charge in [-0.2, -0.15) is 0 Å². The van der Waals surface area contributed by atoms with E-state index >= 15 is 0 Å². The number of piperazine rings is 1. The van der Waals surface area contributed by atoms with Crippen molar-refractivity contribution < 1.29 is 9.72 Å². The number of carbonyl (C=O) groups is 1. The molecule has 1 heterocycles. The van der Waals surface area contributed by atoms with Gasteiger partial charge in [0.25, 0.3) is 11.6 Å². The Kier molecular flexibility index (Phi) is 4.84. The molecule has 1 N–H and O–H groups in total. The summed E-state index contributed by atoms with van der Waals surface area (Å²) in [5.74, 6) is -0.147. The van der Waals surface area contributed by atoms with Gasteiger partial charge in [0.2, 0.25) is 0 Å². The van der Waals surface area contributed by atoms with Crippen LogP contribution in [0.1, 0.15) is 24.2 Å². The molecule has 21 heavy (non-hydrogen) atoms. The fraction of sp³-hybridized carbons (Fsp3) is 0.500. The summed E-state index contributed by atoms with van der Waals surface area (Å²) in [5, 5.41) is 14.4. The van der Waals surface area contributed by atoms with Gasteiger partial charge in [-0.1, -0.05) is 0 Å². The van der Waals surface area contributed by atoms with Crippen LogP contribution >= 0.6 is 11.8 Å². The topological polar surface area (TPSA) is 75.5 Å². The molecule has 1 saturated heterocycles. The highest BCUT2D eigenvalue weighted by Gasteiger charge is 2.29. The van der Waals surface area contributed by atoms with E-state index in [1.54, 1.807) is 23.3 Å². The van der Waals surface area contributed by atoms with Crippen LogP contribution in [0.2, 0.25) is 0 Å². The molecule has 2 atom stereocenters. The molecule has 1 aromatic carbocycles. The number of nitrogens with zero attached hydrogens (tertiary/aromatic N) is 2. The lowest BCUT2D eigenvalue weighted by molar-refractivity contribution is -0.387. The first-order chi connectivity index (χ1) is 9.95. The molecule has 1 fully saturated rings. The van der Waals surface area contributed by atoms with Gasteiger partial charge in [-0.15, -0.1) is 11.8 Å². The van der Waals surface area contributed by atoms with Gasteiger partial charge >= 0.3 is 0 Å². The number of amides is 1. The van der Waals surface area contributed by atoms with Crippen molar-refractivity contribution in [1.29, 1.82) is 0 Å². The van der Waals surface area contributed by atoms with Gasteiger partial charge in [0.1, 0.15) is 0 Å². The Labute approximate surface area is 128 Å². The Bertz CT molecular complexity index is 564. The molecule has 1 aliphatic heterocycles. The first-order valence-electron chi connectivity index (χ1n) is 6.82. The number of thioether (sulfide) groups is 1. The van der Waals surface area contributed by atoms with Crippen LogP contribution in [-0.4, -0.2) is 47.2 Å². The SMILES string of the molecule is CSc1ccc(C(=O)N2CCNC(C)C2C)cc1[N+](=O)[O-]. The summed E-state index contributed by atoms with van der Waals surface area (Å²) >= 11 is 1.30. The fourth-order valence-corrected chi connectivity index (χ4v) is 3.02. The first kappa shape index (κ1) is 15.8. The molecule has 0 aliphatic carbocycles. The highest BCUT2D eigenvalue weighted by Crippen LogP contribution is 2.29. The van der Waals surface area contributed by atoms with E-state index in [2.05, 4.69) is 5.32 Å². The lowest BCUT2D eigenvalue weighted by atomic mass is 10.1. The Morgan fingerprint density at radius 2 is 2.19 bits per heavy atom. The zero-order chi connectivity index (χ0) is 15.6. The Hall–Kier alpha value is -1.60. The number of hydrogen-bond donors (Lipinski definition) is 1. The number of nitro groups is 1. The van der Waals surface area contributed by atoms with Crippen molar-refractivity contribution in [2.45, 2.75) is 30.8 Å². The van der Waals surface area contributed by atoms with E-state index in [0.717, 1.165) is 6.54 Å². The second kappa shape index (κ2) is 6.44. The minimum Gasteiger partial charge on any atom is -0.333 e. The van der Waals surface area contributed by atoms with Gasteiger partial charge in [-0.25, -0.2) is 0 Å². The van der Waals surface area contributed by atoms with Crippen LogP contribution in [0.4, 0.5) is 5.69 Å². The predicted molar refractivity (Wildman–Crippen MR) is 82.8 cm³/mol. The van der Waals surface area contributed by atoms with Crippen molar-refractivity contribution >= 4 is 23.4 Å². The van der Waals surface area contributed by atoms with E-state index in [1.807, 2.05) is 13.8 Å². The molecule has 2 unspecified atom stereocenters. The molecular weight excluding hydrogens is 290 g/mol. The second-order valence-electron chi connectivity index (χ2n) is 5.13. The van der Waals surface area contributed by atoms with Crippen LogP contribution in [-0.2, 0) is 0 Å². The average Bonchev–Trinajstić information content (AvgIpc) is 2.48. The van der Waals surface area contributed by atoms with Crippen molar-refractivity contribution in [2.24, 2.45) is 0 Å². The maximum Gasteiger partial charge on any atom is 0.283 e. The summed E-state index contributed by atoms with van der Waals surface area (Å²) in [6, 6.07) is 4.97. The van der Waals surface area contributed by atoms with Crippen LogP contribution in [0.15, 0.2) is 23.1 Å². The van der Waals surface area contributed by atoms with E-state index in [-0.39, 0.29) is 23.7 Å². The van der Waals surface area contributed by atoms with Crippen LogP contribution in [0, 0.1) is 10.1 Å². The zero-order valence-electron chi connectivity index (χ0n) is 12.3. The van der Waals surface area contributed by atoms with Gasteiger partial charge < -0.3 is 10.2 Å². The molecule has 114 valence electrons.